The molecule has 0 aliphatic rings. The summed E-state index contributed by atoms with van der Waals surface area (Å²) >= 11 is 0. The summed E-state index contributed by atoms with van der Waals surface area (Å²) in [5, 5.41) is 0. The maximum absolute atomic E-state index is 10.9. The van der Waals surface area contributed by atoms with Crippen molar-refractivity contribution in [2.45, 2.75) is 0 Å². The molecular formula is C2H3FN2O4. The second-order valence-electron chi connectivity index (χ2n) is 0.868. The van der Waals surface area contributed by atoms with Gasteiger partial charge < -0.3 is 5.73 Å². The van der Waals surface area contributed by atoms with E-state index >= 15 is 0 Å². The number of hydrogen-bond donors (Lipinski definition) is 2. The van der Waals surface area contributed by atoms with Gasteiger partial charge in [0, 0.05) is 0 Å². The molecule has 0 radical (unpaired) electrons. The fraction of sp³-hybridized carbons (Fsp3) is 0. The summed E-state index contributed by atoms with van der Waals surface area (Å²) in [5.41, 5.74) is 4.83. The van der Waals surface area contributed by atoms with Crippen LogP contribution < -0.4 is 11.3 Å². The molecule has 0 unspecified atom stereocenters. The Morgan fingerprint density at radius 2 is 2.00 bits per heavy atom. The van der Waals surface area contributed by atoms with Crippen LogP contribution in [-0.2, 0) is 9.78 Å². The molecule has 0 aromatic rings. The first-order valence-electron chi connectivity index (χ1n) is 1.71. The summed E-state index contributed by atoms with van der Waals surface area (Å²) in [6.07, 6.45) is -2.88. The number of nitrogens with one attached hydrogen (secondary N) is 1. The van der Waals surface area contributed by atoms with E-state index in [9.17, 15) is 14.1 Å². The Labute approximate surface area is 48.6 Å². The van der Waals surface area contributed by atoms with E-state index in [2.05, 4.69) is 15.5 Å². The number of nitrogens with two attached hydrogens (primary N) is 1. The zero-order valence-electron chi connectivity index (χ0n) is 4.09. The molecule has 3 N–H and O–H groups in total. The molecule has 0 aromatic heterocycles. The first-order chi connectivity index (χ1) is 4.16. The number of halogens is 1. The van der Waals surface area contributed by atoms with Crippen LogP contribution in [0.5, 0.6) is 0 Å². The van der Waals surface area contributed by atoms with Gasteiger partial charge in [-0.3, -0.25) is 0 Å². The summed E-state index contributed by atoms with van der Waals surface area (Å²) in [4.78, 5) is 26.0. The quantitative estimate of drug-likeness (QED) is 0.271. The molecule has 0 saturated carbocycles. The lowest BCUT2D eigenvalue weighted by Crippen LogP contribution is -2.21. The highest BCUT2D eigenvalue weighted by Crippen LogP contribution is 1.78. The van der Waals surface area contributed by atoms with Gasteiger partial charge in [-0.25, -0.2) is 19.4 Å². The standard InChI is InChI=1S/C2H3FN2O4/c3-5-2(7)9-8-1(4)6/h(H2,4,6)(H,5,7). The van der Waals surface area contributed by atoms with Gasteiger partial charge in [-0.2, -0.15) is 5.54 Å². The normalized spacial score (nSPS) is 7.67. The molecule has 0 aliphatic carbocycles. The first kappa shape index (κ1) is 7.47. The lowest BCUT2D eigenvalue weighted by Gasteiger charge is -1.94. The van der Waals surface area contributed by atoms with Gasteiger partial charge in [0.15, 0.2) is 0 Å². The minimum Gasteiger partial charge on any atom is -0.332 e. The van der Waals surface area contributed by atoms with Crippen LogP contribution in [0.4, 0.5) is 14.1 Å². The predicted molar refractivity (Wildman–Crippen MR) is 21.4 cm³/mol. The Morgan fingerprint density at radius 1 is 1.44 bits per heavy atom. The van der Waals surface area contributed by atoms with Crippen molar-refractivity contribution in [2.24, 2.45) is 5.73 Å². The zero-order chi connectivity index (χ0) is 7.28. The van der Waals surface area contributed by atoms with E-state index in [0.717, 1.165) is 0 Å². The summed E-state index contributed by atoms with van der Waals surface area (Å²) in [6.45, 7) is 0. The van der Waals surface area contributed by atoms with Crippen molar-refractivity contribution in [1.82, 2.24) is 5.54 Å². The molecular weight excluding hydrogens is 135 g/mol. The maximum Gasteiger partial charge on any atom is 0.477 e. The lowest BCUT2D eigenvalue weighted by molar-refractivity contribution is -0.179. The highest BCUT2D eigenvalue weighted by molar-refractivity contribution is 5.68. The molecule has 0 atom stereocenters. The Bertz CT molecular complexity index is 126. The second-order valence-corrected chi connectivity index (χ2v) is 0.868. The van der Waals surface area contributed by atoms with E-state index < -0.39 is 12.2 Å². The topological polar surface area (TPSA) is 90.7 Å². The lowest BCUT2D eigenvalue weighted by atomic mass is 11.3. The van der Waals surface area contributed by atoms with Gasteiger partial charge in [-0.15, -0.1) is 0 Å². The van der Waals surface area contributed by atoms with E-state index in [0.29, 0.717) is 5.54 Å². The van der Waals surface area contributed by atoms with Gasteiger partial charge >= 0.3 is 12.2 Å². The number of amides is 2. The third kappa shape index (κ3) is 4.32. The zero-order valence-corrected chi connectivity index (χ0v) is 4.09. The largest absolute Gasteiger partial charge is 0.477 e. The molecule has 7 heteroatoms. The van der Waals surface area contributed by atoms with Crippen molar-refractivity contribution >= 4 is 12.2 Å². The third-order valence-electron chi connectivity index (χ3n) is 0.277. The molecule has 0 spiro atoms. The Kier molecular flexibility index (Phi) is 2.88. The molecule has 52 valence electrons. The molecule has 0 aliphatic heterocycles. The summed E-state index contributed by atoms with van der Waals surface area (Å²) in [7, 11) is 0. The van der Waals surface area contributed by atoms with Crippen molar-refractivity contribution in [3.63, 3.8) is 0 Å². The van der Waals surface area contributed by atoms with Crippen molar-refractivity contribution in [2.75, 3.05) is 0 Å². The van der Waals surface area contributed by atoms with Gasteiger partial charge in [0.05, 0.1) is 0 Å². The van der Waals surface area contributed by atoms with E-state index in [1.807, 2.05) is 0 Å². The summed E-state index contributed by atoms with van der Waals surface area (Å²) in [6, 6.07) is 0. The van der Waals surface area contributed by atoms with Crippen molar-refractivity contribution < 1.29 is 23.8 Å². The molecule has 0 bridgehead atoms. The molecule has 0 fully saturated rings. The molecule has 2 amide bonds. The fourth-order valence-corrected chi connectivity index (χ4v) is 0.0947. The highest BCUT2D eigenvalue weighted by Gasteiger charge is 2.02. The fourth-order valence-electron chi connectivity index (χ4n) is 0.0947. The van der Waals surface area contributed by atoms with Crippen LogP contribution >= 0.6 is 0 Å². The van der Waals surface area contributed by atoms with Crippen LogP contribution in [0, 0.1) is 0 Å². The van der Waals surface area contributed by atoms with Crippen LogP contribution in [0.25, 0.3) is 0 Å². The van der Waals surface area contributed by atoms with Gasteiger partial charge in [-0.1, -0.05) is 4.48 Å². The number of rotatable bonds is 0. The molecule has 0 aromatic carbocycles. The average Bonchev–Trinajstić information content (AvgIpc) is 1.83. The van der Waals surface area contributed by atoms with E-state index in [-0.39, 0.29) is 0 Å². The third-order valence-corrected chi connectivity index (χ3v) is 0.277. The molecule has 9 heavy (non-hydrogen) atoms. The van der Waals surface area contributed by atoms with E-state index in [1.54, 1.807) is 0 Å². The number of hydrogen-bond acceptors (Lipinski definition) is 4. The minimum atomic E-state index is -1.55. The van der Waals surface area contributed by atoms with Crippen LogP contribution in [0.1, 0.15) is 0 Å². The van der Waals surface area contributed by atoms with Crippen LogP contribution in [0.3, 0.4) is 0 Å². The van der Waals surface area contributed by atoms with E-state index in [4.69, 9.17) is 0 Å². The summed E-state index contributed by atoms with van der Waals surface area (Å²) in [5.74, 6) is 0. The van der Waals surface area contributed by atoms with Gasteiger partial charge in [-0.05, 0) is 0 Å². The van der Waals surface area contributed by atoms with Gasteiger partial charge in [0.1, 0.15) is 0 Å². The Hall–Kier alpha value is -1.53. The number of carbonyl (C=O) groups excluding carboxylic acids is 2. The molecule has 0 saturated heterocycles. The Morgan fingerprint density at radius 3 is 2.33 bits per heavy atom. The molecule has 0 rings (SSSR count). The van der Waals surface area contributed by atoms with Crippen molar-refractivity contribution in [1.29, 1.82) is 0 Å². The molecule has 0 heterocycles. The second kappa shape index (κ2) is 3.47. The van der Waals surface area contributed by atoms with Crippen LogP contribution in [-0.4, -0.2) is 12.2 Å². The summed E-state index contributed by atoms with van der Waals surface area (Å²) < 4.78 is 10.9. The SMILES string of the molecule is NC(=O)OOC(=O)NF. The number of carbonyl (C=O) groups is 2. The van der Waals surface area contributed by atoms with Crippen LogP contribution in [0.15, 0.2) is 0 Å². The van der Waals surface area contributed by atoms with Crippen LogP contribution in [0.2, 0.25) is 0 Å². The van der Waals surface area contributed by atoms with Gasteiger partial charge in [0.2, 0.25) is 0 Å². The smallest absolute Gasteiger partial charge is 0.332 e. The molecule has 6 nitrogen and oxygen atoms in total. The van der Waals surface area contributed by atoms with Gasteiger partial charge in [0.25, 0.3) is 0 Å². The highest BCUT2D eigenvalue weighted by atomic mass is 19.2. The van der Waals surface area contributed by atoms with Crippen molar-refractivity contribution in [3.05, 3.63) is 0 Å². The first-order valence-corrected chi connectivity index (χ1v) is 1.71. The van der Waals surface area contributed by atoms with Crippen molar-refractivity contribution in [3.8, 4) is 0 Å². The predicted octanol–water partition coefficient (Wildman–Crippen LogP) is -0.393. The average molecular weight is 138 g/mol. The Balaban J connectivity index is 3.28. The monoisotopic (exact) mass is 138 g/mol. The maximum atomic E-state index is 10.9. The van der Waals surface area contributed by atoms with E-state index in [1.165, 1.54) is 0 Å². The number of primary amides is 1. The minimum absolute atomic E-state index is 0.526.